The summed E-state index contributed by atoms with van der Waals surface area (Å²) in [7, 11) is 0. The van der Waals surface area contributed by atoms with Crippen LogP contribution in [0.3, 0.4) is 0 Å². The van der Waals surface area contributed by atoms with Crippen molar-refractivity contribution in [1.29, 1.82) is 0 Å². The van der Waals surface area contributed by atoms with Gasteiger partial charge in [0.1, 0.15) is 5.82 Å². The molecule has 2 aliphatic rings. The molecular formula is C18H26ClFN2O. The number of hydrogen-bond acceptors (Lipinski definition) is 2. The fraction of sp³-hybridized carbons (Fsp3) is 0.611. The number of hydrogen-bond donors (Lipinski definition) is 2. The summed E-state index contributed by atoms with van der Waals surface area (Å²) in [6.07, 6.45) is 6.85. The summed E-state index contributed by atoms with van der Waals surface area (Å²) < 4.78 is 13.7. The van der Waals surface area contributed by atoms with Gasteiger partial charge < -0.3 is 10.6 Å². The van der Waals surface area contributed by atoms with Crippen LogP contribution in [0, 0.1) is 5.82 Å². The molecule has 1 amide bonds. The molecule has 0 unspecified atom stereocenters. The van der Waals surface area contributed by atoms with Crippen LogP contribution in [0.2, 0.25) is 0 Å². The van der Waals surface area contributed by atoms with E-state index < -0.39 is 5.41 Å². The quantitative estimate of drug-likeness (QED) is 0.886. The molecular weight excluding hydrogens is 315 g/mol. The van der Waals surface area contributed by atoms with Crippen molar-refractivity contribution in [2.24, 2.45) is 0 Å². The van der Waals surface area contributed by atoms with Crippen LogP contribution in [-0.2, 0) is 10.2 Å². The molecule has 1 aromatic rings. The lowest BCUT2D eigenvalue weighted by Gasteiger charge is -2.38. The molecule has 23 heavy (non-hydrogen) atoms. The first-order chi connectivity index (χ1) is 10.7. The largest absolute Gasteiger partial charge is 0.353 e. The summed E-state index contributed by atoms with van der Waals surface area (Å²) in [6.45, 7) is 1.91. The Kier molecular flexibility index (Phi) is 6.42. The van der Waals surface area contributed by atoms with Gasteiger partial charge >= 0.3 is 0 Å². The van der Waals surface area contributed by atoms with Crippen LogP contribution in [0.4, 0.5) is 4.39 Å². The second kappa shape index (κ2) is 8.11. The molecule has 0 atom stereocenters. The minimum Gasteiger partial charge on any atom is -0.353 e. The van der Waals surface area contributed by atoms with Gasteiger partial charge in [0.15, 0.2) is 0 Å². The van der Waals surface area contributed by atoms with Crippen molar-refractivity contribution in [3.05, 3.63) is 35.6 Å². The Morgan fingerprint density at radius 2 is 1.87 bits per heavy atom. The average Bonchev–Trinajstić information content (AvgIpc) is 2.56. The maximum atomic E-state index is 13.7. The smallest absolute Gasteiger partial charge is 0.230 e. The lowest BCUT2D eigenvalue weighted by molar-refractivity contribution is -0.129. The molecule has 2 N–H and O–H groups in total. The molecule has 3 rings (SSSR count). The third-order valence-corrected chi connectivity index (χ3v) is 5.19. The molecule has 0 spiro atoms. The molecule has 1 aliphatic heterocycles. The summed E-state index contributed by atoms with van der Waals surface area (Å²) in [5.74, 6) is -0.151. The number of nitrogens with one attached hydrogen (secondary N) is 2. The first-order valence-corrected chi connectivity index (χ1v) is 8.48. The van der Waals surface area contributed by atoms with E-state index in [-0.39, 0.29) is 30.2 Å². The molecule has 3 nitrogen and oxygen atoms in total. The highest BCUT2D eigenvalue weighted by atomic mass is 35.5. The summed E-state index contributed by atoms with van der Waals surface area (Å²) in [5, 5.41) is 6.56. The number of carbonyl (C=O) groups is 1. The van der Waals surface area contributed by atoms with Gasteiger partial charge in [-0.3, -0.25) is 4.79 Å². The van der Waals surface area contributed by atoms with Crippen molar-refractivity contribution in [3.8, 4) is 0 Å². The van der Waals surface area contributed by atoms with Gasteiger partial charge in [0.05, 0.1) is 5.41 Å². The van der Waals surface area contributed by atoms with E-state index in [1.54, 1.807) is 12.1 Å². The molecule has 2 fully saturated rings. The van der Waals surface area contributed by atoms with Gasteiger partial charge in [-0.1, -0.05) is 31.4 Å². The standard InChI is InChI=1S/C18H25FN2O.ClH/c19-15-6-4-5-14(13-15)18(9-2-1-3-10-18)17(22)21-16-7-11-20-12-8-16;/h4-6,13,16,20H,1-3,7-12H2,(H,21,22);1H. The minimum absolute atomic E-state index is 0. The molecule has 128 valence electrons. The first-order valence-electron chi connectivity index (χ1n) is 8.48. The molecule has 1 saturated carbocycles. The maximum Gasteiger partial charge on any atom is 0.230 e. The van der Waals surface area contributed by atoms with Crippen molar-refractivity contribution in [1.82, 2.24) is 10.6 Å². The van der Waals surface area contributed by atoms with Crippen LogP contribution in [0.5, 0.6) is 0 Å². The van der Waals surface area contributed by atoms with Crippen molar-refractivity contribution in [2.75, 3.05) is 13.1 Å². The van der Waals surface area contributed by atoms with Crippen LogP contribution in [0.15, 0.2) is 24.3 Å². The monoisotopic (exact) mass is 340 g/mol. The van der Waals surface area contributed by atoms with Gasteiger partial charge in [-0.2, -0.15) is 0 Å². The van der Waals surface area contributed by atoms with Gasteiger partial charge in [-0.15, -0.1) is 12.4 Å². The van der Waals surface area contributed by atoms with Gasteiger partial charge in [0.2, 0.25) is 5.91 Å². The predicted octanol–water partition coefficient (Wildman–Crippen LogP) is 3.32. The Morgan fingerprint density at radius 1 is 1.17 bits per heavy atom. The van der Waals surface area contributed by atoms with E-state index in [2.05, 4.69) is 10.6 Å². The number of benzene rings is 1. The third kappa shape index (κ3) is 4.04. The number of amides is 1. The zero-order valence-electron chi connectivity index (χ0n) is 13.4. The van der Waals surface area contributed by atoms with E-state index in [1.807, 2.05) is 6.07 Å². The minimum atomic E-state index is -0.536. The van der Waals surface area contributed by atoms with Gasteiger partial charge in [-0.25, -0.2) is 4.39 Å². The average molecular weight is 341 g/mol. The zero-order chi connectivity index (χ0) is 15.4. The molecule has 5 heteroatoms. The van der Waals surface area contributed by atoms with Crippen molar-refractivity contribution in [3.63, 3.8) is 0 Å². The lowest BCUT2D eigenvalue weighted by Crippen LogP contribution is -2.51. The summed E-state index contributed by atoms with van der Waals surface area (Å²) in [4.78, 5) is 13.0. The van der Waals surface area contributed by atoms with E-state index in [1.165, 1.54) is 6.07 Å². The highest BCUT2D eigenvalue weighted by Crippen LogP contribution is 2.40. The van der Waals surface area contributed by atoms with E-state index in [9.17, 15) is 9.18 Å². The third-order valence-electron chi connectivity index (χ3n) is 5.19. The number of rotatable bonds is 3. The van der Waals surface area contributed by atoms with E-state index in [0.29, 0.717) is 0 Å². The second-order valence-electron chi connectivity index (χ2n) is 6.65. The van der Waals surface area contributed by atoms with Crippen LogP contribution < -0.4 is 10.6 Å². The van der Waals surface area contributed by atoms with Crippen molar-refractivity contribution >= 4 is 18.3 Å². The van der Waals surface area contributed by atoms with E-state index in [4.69, 9.17) is 0 Å². The molecule has 1 saturated heterocycles. The van der Waals surface area contributed by atoms with Crippen LogP contribution in [0.1, 0.15) is 50.5 Å². The number of piperidine rings is 1. The van der Waals surface area contributed by atoms with Gasteiger partial charge in [0, 0.05) is 6.04 Å². The Balaban J connectivity index is 0.00000192. The highest BCUT2D eigenvalue weighted by Gasteiger charge is 2.41. The fourth-order valence-electron chi connectivity index (χ4n) is 3.88. The Morgan fingerprint density at radius 3 is 2.52 bits per heavy atom. The fourth-order valence-corrected chi connectivity index (χ4v) is 3.88. The number of carbonyl (C=O) groups excluding carboxylic acids is 1. The molecule has 0 radical (unpaired) electrons. The van der Waals surface area contributed by atoms with Crippen LogP contribution in [-0.4, -0.2) is 25.0 Å². The van der Waals surface area contributed by atoms with Crippen molar-refractivity contribution < 1.29 is 9.18 Å². The van der Waals surface area contributed by atoms with Gasteiger partial charge in [-0.05, 0) is 56.5 Å². The number of halogens is 2. The van der Waals surface area contributed by atoms with Gasteiger partial charge in [0.25, 0.3) is 0 Å². The van der Waals surface area contributed by atoms with Crippen molar-refractivity contribution in [2.45, 2.75) is 56.4 Å². The van der Waals surface area contributed by atoms with Crippen LogP contribution >= 0.6 is 12.4 Å². The maximum absolute atomic E-state index is 13.7. The van der Waals surface area contributed by atoms with E-state index >= 15 is 0 Å². The molecule has 1 aliphatic carbocycles. The second-order valence-corrected chi connectivity index (χ2v) is 6.65. The Labute approximate surface area is 143 Å². The highest BCUT2D eigenvalue weighted by molar-refractivity contribution is 5.88. The molecule has 1 heterocycles. The SMILES string of the molecule is Cl.O=C(NC1CCNCC1)C1(c2cccc(F)c2)CCCCC1. The zero-order valence-corrected chi connectivity index (χ0v) is 14.3. The molecule has 0 bridgehead atoms. The lowest BCUT2D eigenvalue weighted by atomic mass is 9.68. The Bertz CT molecular complexity index is 526. The predicted molar refractivity (Wildman–Crippen MR) is 92.4 cm³/mol. The molecule has 1 aromatic carbocycles. The molecule has 0 aromatic heterocycles. The van der Waals surface area contributed by atoms with E-state index in [0.717, 1.165) is 63.6 Å². The topological polar surface area (TPSA) is 41.1 Å². The Hall–Kier alpha value is -1.13. The normalized spacial score (nSPS) is 21.3. The summed E-state index contributed by atoms with van der Waals surface area (Å²) in [6, 6.07) is 6.88. The summed E-state index contributed by atoms with van der Waals surface area (Å²) >= 11 is 0. The first kappa shape index (κ1) is 18.2. The summed E-state index contributed by atoms with van der Waals surface area (Å²) in [5.41, 5.74) is 0.309. The van der Waals surface area contributed by atoms with Crippen LogP contribution in [0.25, 0.3) is 0 Å².